The number of fused-ring (bicyclic) bond motifs is 1. The summed E-state index contributed by atoms with van der Waals surface area (Å²) in [6, 6.07) is 9.55. The molecule has 2 aliphatic rings. The van der Waals surface area contributed by atoms with Crippen molar-refractivity contribution in [2.24, 2.45) is 0 Å². The van der Waals surface area contributed by atoms with Gasteiger partial charge in [0.05, 0.1) is 13.2 Å². The summed E-state index contributed by atoms with van der Waals surface area (Å²) >= 11 is 0. The Kier molecular flexibility index (Phi) is 4.16. The van der Waals surface area contributed by atoms with Crippen molar-refractivity contribution >= 4 is 0 Å². The van der Waals surface area contributed by atoms with Gasteiger partial charge in [0.25, 0.3) is 0 Å². The number of morpholine rings is 1. The molecule has 1 aromatic rings. The summed E-state index contributed by atoms with van der Waals surface area (Å²) in [7, 11) is 0. The largest absolute Gasteiger partial charge is 0.379 e. The Labute approximate surface area is 116 Å². The minimum Gasteiger partial charge on any atom is -0.379 e. The Bertz CT molecular complexity index is 415. The molecule has 1 saturated heterocycles. The molecule has 19 heavy (non-hydrogen) atoms. The van der Waals surface area contributed by atoms with Crippen LogP contribution in [0.2, 0.25) is 0 Å². The highest BCUT2D eigenvalue weighted by molar-refractivity contribution is 5.29. The van der Waals surface area contributed by atoms with Crippen LogP contribution in [0.4, 0.5) is 0 Å². The Hall–Kier alpha value is -0.900. The van der Waals surface area contributed by atoms with Crippen molar-refractivity contribution in [1.82, 2.24) is 9.80 Å². The molecule has 0 spiro atoms. The molecule has 0 bridgehead atoms. The molecule has 2 aliphatic heterocycles. The average molecular weight is 260 g/mol. The number of hydrogen-bond acceptors (Lipinski definition) is 3. The van der Waals surface area contributed by atoms with Gasteiger partial charge in [-0.05, 0) is 24.5 Å². The van der Waals surface area contributed by atoms with E-state index >= 15 is 0 Å². The number of rotatable bonds is 3. The summed E-state index contributed by atoms with van der Waals surface area (Å²) in [6.07, 6.45) is 1.19. The lowest BCUT2D eigenvalue weighted by Gasteiger charge is -2.37. The molecule has 1 fully saturated rings. The summed E-state index contributed by atoms with van der Waals surface area (Å²) < 4.78 is 5.40. The second kappa shape index (κ2) is 6.04. The smallest absolute Gasteiger partial charge is 0.0594 e. The first-order chi connectivity index (χ1) is 9.33. The Balaban J connectivity index is 1.56. The maximum atomic E-state index is 5.40. The van der Waals surface area contributed by atoms with Gasteiger partial charge in [0.1, 0.15) is 0 Å². The molecule has 0 radical (unpaired) electrons. The molecule has 3 heteroatoms. The maximum absolute atomic E-state index is 5.40. The van der Waals surface area contributed by atoms with E-state index in [9.17, 15) is 0 Å². The zero-order chi connectivity index (χ0) is 13.1. The lowest BCUT2D eigenvalue weighted by Crippen LogP contribution is -2.45. The van der Waals surface area contributed by atoms with Crippen LogP contribution < -0.4 is 0 Å². The molecule has 0 aliphatic carbocycles. The van der Waals surface area contributed by atoms with E-state index in [0.717, 1.165) is 32.8 Å². The maximum Gasteiger partial charge on any atom is 0.0594 e. The SMILES string of the molecule is CC1Cc2ccccc2CN1CCN1CCOCC1. The van der Waals surface area contributed by atoms with Crippen LogP contribution in [0.5, 0.6) is 0 Å². The second-order valence-electron chi connectivity index (χ2n) is 5.75. The second-order valence-corrected chi connectivity index (χ2v) is 5.75. The van der Waals surface area contributed by atoms with Gasteiger partial charge in [0.15, 0.2) is 0 Å². The van der Waals surface area contributed by atoms with Crippen molar-refractivity contribution in [3.05, 3.63) is 35.4 Å². The van der Waals surface area contributed by atoms with Crippen molar-refractivity contribution in [3.63, 3.8) is 0 Å². The van der Waals surface area contributed by atoms with E-state index in [4.69, 9.17) is 4.74 Å². The summed E-state index contributed by atoms with van der Waals surface area (Å²) in [5.74, 6) is 0. The molecule has 1 aromatic carbocycles. The third kappa shape index (κ3) is 3.16. The molecule has 3 rings (SSSR count). The average Bonchev–Trinajstić information content (AvgIpc) is 2.46. The fourth-order valence-electron chi connectivity index (χ4n) is 3.13. The molecule has 0 amide bonds. The van der Waals surface area contributed by atoms with Gasteiger partial charge in [0.2, 0.25) is 0 Å². The Morgan fingerprint density at radius 3 is 2.63 bits per heavy atom. The van der Waals surface area contributed by atoms with Gasteiger partial charge in [-0.3, -0.25) is 9.80 Å². The normalized spacial score (nSPS) is 25.2. The van der Waals surface area contributed by atoms with Crippen LogP contribution in [0.25, 0.3) is 0 Å². The lowest BCUT2D eigenvalue weighted by atomic mass is 9.95. The van der Waals surface area contributed by atoms with Gasteiger partial charge in [-0.25, -0.2) is 0 Å². The molecule has 104 valence electrons. The van der Waals surface area contributed by atoms with Gasteiger partial charge in [-0.15, -0.1) is 0 Å². The Morgan fingerprint density at radius 1 is 1.11 bits per heavy atom. The summed E-state index contributed by atoms with van der Waals surface area (Å²) in [6.45, 7) is 9.82. The number of ether oxygens (including phenoxy) is 1. The van der Waals surface area contributed by atoms with Gasteiger partial charge < -0.3 is 4.74 Å². The number of nitrogens with zero attached hydrogens (tertiary/aromatic N) is 2. The van der Waals surface area contributed by atoms with Crippen molar-refractivity contribution in [1.29, 1.82) is 0 Å². The van der Waals surface area contributed by atoms with E-state index in [0.29, 0.717) is 6.04 Å². The van der Waals surface area contributed by atoms with Crippen molar-refractivity contribution in [2.75, 3.05) is 39.4 Å². The molecule has 0 N–H and O–H groups in total. The topological polar surface area (TPSA) is 15.7 Å². The number of benzene rings is 1. The first-order valence-electron chi connectivity index (χ1n) is 7.44. The molecular formula is C16H24N2O. The zero-order valence-electron chi connectivity index (χ0n) is 11.8. The summed E-state index contributed by atoms with van der Waals surface area (Å²) in [5, 5.41) is 0. The van der Waals surface area contributed by atoms with Crippen LogP contribution in [-0.2, 0) is 17.7 Å². The quantitative estimate of drug-likeness (QED) is 0.824. The van der Waals surface area contributed by atoms with Crippen LogP contribution in [0.1, 0.15) is 18.1 Å². The van der Waals surface area contributed by atoms with Crippen molar-refractivity contribution < 1.29 is 4.74 Å². The van der Waals surface area contributed by atoms with Crippen LogP contribution in [-0.4, -0.2) is 55.2 Å². The zero-order valence-corrected chi connectivity index (χ0v) is 11.8. The third-order valence-electron chi connectivity index (χ3n) is 4.44. The van der Waals surface area contributed by atoms with E-state index in [-0.39, 0.29) is 0 Å². The van der Waals surface area contributed by atoms with Crippen LogP contribution >= 0.6 is 0 Å². The standard InChI is InChI=1S/C16H24N2O/c1-14-12-15-4-2-3-5-16(15)13-18(14)7-6-17-8-10-19-11-9-17/h2-5,14H,6-13H2,1H3. The van der Waals surface area contributed by atoms with Crippen LogP contribution in [0.15, 0.2) is 24.3 Å². The van der Waals surface area contributed by atoms with E-state index < -0.39 is 0 Å². The third-order valence-corrected chi connectivity index (χ3v) is 4.44. The monoisotopic (exact) mass is 260 g/mol. The Morgan fingerprint density at radius 2 is 1.84 bits per heavy atom. The lowest BCUT2D eigenvalue weighted by molar-refractivity contribution is 0.0299. The van der Waals surface area contributed by atoms with Gasteiger partial charge in [-0.2, -0.15) is 0 Å². The van der Waals surface area contributed by atoms with Gasteiger partial charge in [-0.1, -0.05) is 24.3 Å². The summed E-state index contributed by atoms with van der Waals surface area (Å²) in [4.78, 5) is 5.15. The molecule has 1 unspecified atom stereocenters. The fourth-order valence-corrected chi connectivity index (χ4v) is 3.13. The van der Waals surface area contributed by atoms with Crippen LogP contribution in [0.3, 0.4) is 0 Å². The molecule has 0 saturated carbocycles. The highest BCUT2D eigenvalue weighted by Gasteiger charge is 2.22. The molecule has 2 heterocycles. The van der Waals surface area contributed by atoms with Crippen molar-refractivity contribution in [3.8, 4) is 0 Å². The van der Waals surface area contributed by atoms with E-state index in [2.05, 4.69) is 41.0 Å². The first kappa shape index (κ1) is 13.1. The van der Waals surface area contributed by atoms with Crippen molar-refractivity contribution in [2.45, 2.75) is 25.9 Å². The minimum absolute atomic E-state index is 0.663. The minimum atomic E-state index is 0.663. The van der Waals surface area contributed by atoms with Gasteiger partial charge >= 0.3 is 0 Å². The highest BCUT2D eigenvalue weighted by Crippen LogP contribution is 2.22. The number of hydrogen-bond donors (Lipinski definition) is 0. The predicted molar refractivity (Wildman–Crippen MR) is 77.3 cm³/mol. The van der Waals surface area contributed by atoms with E-state index in [1.165, 1.54) is 30.6 Å². The summed E-state index contributed by atoms with van der Waals surface area (Å²) in [5.41, 5.74) is 3.06. The van der Waals surface area contributed by atoms with E-state index in [1.54, 1.807) is 0 Å². The molecule has 0 aromatic heterocycles. The molecule has 3 nitrogen and oxygen atoms in total. The first-order valence-corrected chi connectivity index (χ1v) is 7.44. The molecule has 1 atom stereocenters. The van der Waals surface area contributed by atoms with E-state index in [1.807, 2.05) is 0 Å². The fraction of sp³-hybridized carbons (Fsp3) is 0.625. The van der Waals surface area contributed by atoms with Gasteiger partial charge in [0, 0.05) is 38.8 Å². The predicted octanol–water partition coefficient (Wildman–Crippen LogP) is 1.77. The highest BCUT2D eigenvalue weighted by atomic mass is 16.5. The van der Waals surface area contributed by atoms with Crippen LogP contribution in [0, 0.1) is 0 Å². The molecular weight excluding hydrogens is 236 g/mol.